The fraction of sp³-hybridized carbons (Fsp3) is 0.200. The summed E-state index contributed by atoms with van der Waals surface area (Å²) in [6.07, 6.45) is 1.97. The summed E-state index contributed by atoms with van der Waals surface area (Å²) in [6, 6.07) is 27.7. The van der Waals surface area contributed by atoms with Crippen LogP contribution in [0.1, 0.15) is 28.4 Å². The fourth-order valence-electron chi connectivity index (χ4n) is 4.18. The number of fused-ring (bicyclic) bond motifs is 3. The molecular formula is C25H24N2O. The van der Waals surface area contributed by atoms with E-state index in [0.29, 0.717) is 6.61 Å². The Hall–Kier alpha value is -3.04. The summed E-state index contributed by atoms with van der Waals surface area (Å²) in [6.45, 7) is 1.67. The average molecular weight is 368 g/mol. The number of ether oxygens (including phenoxy) is 1. The fourth-order valence-corrected chi connectivity index (χ4v) is 4.18. The lowest BCUT2D eigenvalue weighted by Crippen LogP contribution is -2.30. The average Bonchev–Trinajstić information content (AvgIpc) is 3.14. The third-order valence-corrected chi connectivity index (χ3v) is 5.55. The van der Waals surface area contributed by atoms with E-state index in [1.54, 1.807) is 0 Å². The molecule has 2 N–H and O–H groups in total. The Kier molecular flexibility index (Phi) is 4.59. The predicted molar refractivity (Wildman–Crippen MR) is 114 cm³/mol. The smallest absolute Gasteiger partial charge is 0.119 e. The van der Waals surface area contributed by atoms with Crippen LogP contribution in [0, 0.1) is 0 Å². The highest BCUT2D eigenvalue weighted by Gasteiger charge is 2.25. The highest BCUT2D eigenvalue weighted by Crippen LogP contribution is 2.34. The SMILES string of the molecule is c1ccc(CCOc2cccc(C3NCCc4c3[nH]c3ccccc43)c2)cc1. The minimum Gasteiger partial charge on any atom is -0.493 e. The lowest BCUT2D eigenvalue weighted by molar-refractivity contribution is 0.321. The maximum absolute atomic E-state index is 6.05. The number of H-pyrrole nitrogens is 1. The van der Waals surface area contributed by atoms with Gasteiger partial charge in [0.05, 0.1) is 12.6 Å². The molecule has 0 saturated heterocycles. The molecule has 0 radical (unpaired) electrons. The second-order valence-corrected chi connectivity index (χ2v) is 7.36. The minimum absolute atomic E-state index is 0.175. The molecule has 1 aromatic heterocycles. The number of hydrogen-bond acceptors (Lipinski definition) is 2. The first-order chi connectivity index (χ1) is 13.9. The van der Waals surface area contributed by atoms with Crippen molar-refractivity contribution < 1.29 is 4.74 Å². The van der Waals surface area contributed by atoms with Crippen LogP contribution in [-0.4, -0.2) is 18.1 Å². The number of rotatable bonds is 5. The molecule has 0 aliphatic carbocycles. The van der Waals surface area contributed by atoms with Crippen LogP contribution >= 0.6 is 0 Å². The Labute approximate surface area is 165 Å². The maximum atomic E-state index is 6.05. The summed E-state index contributed by atoms with van der Waals surface area (Å²) < 4.78 is 6.05. The molecule has 3 aromatic carbocycles. The van der Waals surface area contributed by atoms with Gasteiger partial charge in [-0.25, -0.2) is 0 Å². The molecular weight excluding hydrogens is 344 g/mol. The molecule has 5 rings (SSSR count). The minimum atomic E-state index is 0.175. The number of aromatic amines is 1. The molecule has 0 spiro atoms. The molecule has 1 aliphatic rings. The molecule has 1 atom stereocenters. The monoisotopic (exact) mass is 368 g/mol. The van der Waals surface area contributed by atoms with Crippen molar-refractivity contribution in [2.45, 2.75) is 18.9 Å². The maximum Gasteiger partial charge on any atom is 0.119 e. The van der Waals surface area contributed by atoms with Gasteiger partial charge in [0.25, 0.3) is 0 Å². The number of aromatic nitrogens is 1. The molecule has 0 bridgehead atoms. The van der Waals surface area contributed by atoms with Gasteiger partial charge < -0.3 is 15.0 Å². The van der Waals surface area contributed by atoms with Crippen LogP contribution in [0.2, 0.25) is 0 Å². The van der Waals surface area contributed by atoms with E-state index >= 15 is 0 Å². The van der Waals surface area contributed by atoms with Crippen molar-refractivity contribution in [3.05, 3.63) is 101 Å². The third kappa shape index (κ3) is 3.30. The van der Waals surface area contributed by atoms with Crippen LogP contribution in [0.5, 0.6) is 5.75 Å². The molecule has 1 unspecified atom stereocenters. The van der Waals surface area contributed by atoms with Crippen molar-refractivity contribution >= 4 is 10.9 Å². The number of para-hydroxylation sites is 1. The van der Waals surface area contributed by atoms with Crippen LogP contribution in [0.15, 0.2) is 78.9 Å². The number of benzene rings is 3. The van der Waals surface area contributed by atoms with Gasteiger partial charge in [-0.05, 0) is 41.3 Å². The molecule has 28 heavy (non-hydrogen) atoms. The molecule has 2 heterocycles. The van der Waals surface area contributed by atoms with E-state index in [9.17, 15) is 0 Å². The Balaban J connectivity index is 1.37. The molecule has 140 valence electrons. The number of hydrogen-bond donors (Lipinski definition) is 2. The third-order valence-electron chi connectivity index (χ3n) is 5.55. The largest absolute Gasteiger partial charge is 0.493 e. The van der Waals surface area contributed by atoms with Gasteiger partial charge in [-0.1, -0.05) is 60.7 Å². The van der Waals surface area contributed by atoms with E-state index in [1.807, 2.05) is 12.1 Å². The molecule has 0 amide bonds. The molecule has 1 aliphatic heterocycles. The molecule has 3 heteroatoms. The summed E-state index contributed by atoms with van der Waals surface area (Å²) in [5.41, 5.74) is 6.49. The number of nitrogens with one attached hydrogen (secondary N) is 2. The predicted octanol–water partition coefficient (Wildman–Crippen LogP) is 5.02. The van der Waals surface area contributed by atoms with Crippen molar-refractivity contribution in [2.75, 3.05) is 13.2 Å². The highest BCUT2D eigenvalue weighted by molar-refractivity contribution is 5.85. The van der Waals surface area contributed by atoms with Gasteiger partial charge in [0.1, 0.15) is 5.75 Å². The second kappa shape index (κ2) is 7.53. The van der Waals surface area contributed by atoms with Gasteiger partial charge in [-0.2, -0.15) is 0 Å². The van der Waals surface area contributed by atoms with E-state index < -0.39 is 0 Å². The van der Waals surface area contributed by atoms with Gasteiger partial charge >= 0.3 is 0 Å². The molecule has 3 nitrogen and oxygen atoms in total. The standard InChI is InChI=1S/C25H24N2O/c1-2-7-18(8-3-1)14-16-28-20-10-6-9-19(17-20)24-25-22(13-15-26-24)21-11-4-5-12-23(21)27-25/h1-12,17,24,26-27H,13-16H2. The molecule has 4 aromatic rings. The Morgan fingerprint density at radius 1 is 0.893 bits per heavy atom. The van der Waals surface area contributed by atoms with Gasteiger partial charge in [0.2, 0.25) is 0 Å². The lowest BCUT2D eigenvalue weighted by atomic mass is 9.94. The Morgan fingerprint density at radius 3 is 2.68 bits per heavy atom. The summed E-state index contributed by atoms with van der Waals surface area (Å²) in [5.74, 6) is 0.929. The normalized spacial score (nSPS) is 16.1. The van der Waals surface area contributed by atoms with Gasteiger partial charge in [-0.15, -0.1) is 0 Å². The summed E-state index contributed by atoms with van der Waals surface area (Å²) in [4.78, 5) is 3.65. The zero-order chi connectivity index (χ0) is 18.8. The van der Waals surface area contributed by atoms with Crippen LogP contribution in [0.25, 0.3) is 10.9 Å². The van der Waals surface area contributed by atoms with Crippen molar-refractivity contribution in [3.8, 4) is 5.75 Å². The van der Waals surface area contributed by atoms with Crippen LogP contribution in [0.4, 0.5) is 0 Å². The summed E-state index contributed by atoms with van der Waals surface area (Å²) in [5, 5.41) is 5.02. The first kappa shape index (κ1) is 17.1. The van der Waals surface area contributed by atoms with Crippen LogP contribution in [0.3, 0.4) is 0 Å². The van der Waals surface area contributed by atoms with Crippen molar-refractivity contribution in [1.82, 2.24) is 10.3 Å². The summed E-state index contributed by atoms with van der Waals surface area (Å²) >= 11 is 0. The Bertz CT molecular complexity index is 1080. The molecule has 0 fully saturated rings. The van der Waals surface area contributed by atoms with E-state index in [0.717, 1.165) is 25.1 Å². The van der Waals surface area contributed by atoms with Crippen molar-refractivity contribution in [1.29, 1.82) is 0 Å². The molecule has 0 saturated carbocycles. The van der Waals surface area contributed by atoms with Crippen LogP contribution in [-0.2, 0) is 12.8 Å². The first-order valence-electron chi connectivity index (χ1n) is 9.98. The van der Waals surface area contributed by atoms with Gasteiger partial charge in [-0.3, -0.25) is 0 Å². The van der Waals surface area contributed by atoms with Gasteiger partial charge in [0.15, 0.2) is 0 Å². The zero-order valence-corrected chi connectivity index (χ0v) is 15.8. The van der Waals surface area contributed by atoms with E-state index in [1.165, 1.54) is 33.3 Å². The van der Waals surface area contributed by atoms with Crippen molar-refractivity contribution in [2.24, 2.45) is 0 Å². The van der Waals surface area contributed by atoms with Crippen molar-refractivity contribution in [3.63, 3.8) is 0 Å². The zero-order valence-electron chi connectivity index (χ0n) is 15.8. The highest BCUT2D eigenvalue weighted by atomic mass is 16.5. The Morgan fingerprint density at radius 2 is 1.75 bits per heavy atom. The van der Waals surface area contributed by atoms with Gasteiger partial charge in [0, 0.05) is 29.6 Å². The first-order valence-corrected chi connectivity index (χ1v) is 9.98. The summed E-state index contributed by atoms with van der Waals surface area (Å²) in [7, 11) is 0. The van der Waals surface area contributed by atoms with Crippen LogP contribution < -0.4 is 10.1 Å². The lowest BCUT2D eigenvalue weighted by Gasteiger charge is -2.25. The van der Waals surface area contributed by atoms with E-state index in [-0.39, 0.29) is 6.04 Å². The van der Waals surface area contributed by atoms with E-state index in [4.69, 9.17) is 4.74 Å². The quantitative estimate of drug-likeness (QED) is 0.519. The van der Waals surface area contributed by atoms with E-state index in [2.05, 4.69) is 77.0 Å². The topological polar surface area (TPSA) is 37.0 Å². The second-order valence-electron chi connectivity index (χ2n) is 7.36.